The Bertz CT molecular complexity index is 387. The van der Waals surface area contributed by atoms with Gasteiger partial charge in [-0.05, 0) is 51.1 Å². The Labute approximate surface area is 115 Å². The first kappa shape index (κ1) is 14.1. The molecule has 1 unspecified atom stereocenters. The fourth-order valence-electron chi connectivity index (χ4n) is 2.06. The fraction of sp³-hybridized carbons (Fsp3) is 0.562. The zero-order valence-electron chi connectivity index (χ0n) is 11.7. The van der Waals surface area contributed by atoms with E-state index in [2.05, 4.69) is 34.9 Å². The highest BCUT2D eigenvalue weighted by atomic mass is 16.2. The largest absolute Gasteiger partial charge is 0.352 e. The maximum atomic E-state index is 11.7. The molecule has 0 saturated heterocycles. The van der Waals surface area contributed by atoms with Gasteiger partial charge >= 0.3 is 0 Å². The highest BCUT2D eigenvalue weighted by molar-refractivity contribution is 5.81. The van der Waals surface area contributed by atoms with Crippen LogP contribution < -0.4 is 10.6 Å². The van der Waals surface area contributed by atoms with Crippen molar-refractivity contribution in [1.82, 2.24) is 10.6 Å². The molecule has 3 heteroatoms. The van der Waals surface area contributed by atoms with Crippen molar-refractivity contribution in [1.29, 1.82) is 0 Å². The van der Waals surface area contributed by atoms with Crippen molar-refractivity contribution < 1.29 is 4.79 Å². The summed E-state index contributed by atoms with van der Waals surface area (Å²) in [5, 5.41) is 6.31. The zero-order chi connectivity index (χ0) is 13.5. The van der Waals surface area contributed by atoms with Crippen molar-refractivity contribution in [3.8, 4) is 0 Å². The van der Waals surface area contributed by atoms with Gasteiger partial charge in [0.25, 0.3) is 0 Å². The molecule has 19 heavy (non-hydrogen) atoms. The van der Waals surface area contributed by atoms with Crippen molar-refractivity contribution in [2.45, 2.75) is 51.1 Å². The van der Waals surface area contributed by atoms with Crippen LogP contribution in [0.1, 0.15) is 38.2 Å². The van der Waals surface area contributed by atoms with Crippen LogP contribution >= 0.6 is 0 Å². The van der Waals surface area contributed by atoms with E-state index in [1.807, 2.05) is 13.0 Å². The molecule has 1 aromatic rings. The van der Waals surface area contributed by atoms with Crippen LogP contribution in [-0.4, -0.2) is 24.5 Å². The molecular formula is C16H24N2O. The second-order valence-electron chi connectivity index (χ2n) is 5.40. The van der Waals surface area contributed by atoms with Crippen LogP contribution in [-0.2, 0) is 11.2 Å². The molecule has 0 aliphatic heterocycles. The Morgan fingerprint density at radius 1 is 1.26 bits per heavy atom. The summed E-state index contributed by atoms with van der Waals surface area (Å²) in [6.45, 7) is 2.85. The van der Waals surface area contributed by atoms with Crippen molar-refractivity contribution in [3.05, 3.63) is 35.9 Å². The van der Waals surface area contributed by atoms with E-state index in [0.29, 0.717) is 6.04 Å². The number of hydrogen-bond donors (Lipinski definition) is 2. The summed E-state index contributed by atoms with van der Waals surface area (Å²) in [7, 11) is 0. The van der Waals surface area contributed by atoms with Gasteiger partial charge in [0.05, 0.1) is 6.04 Å². The number of hydrogen-bond acceptors (Lipinski definition) is 2. The Morgan fingerprint density at radius 2 is 2.00 bits per heavy atom. The summed E-state index contributed by atoms with van der Waals surface area (Å²) in [5.74, 6) is 0.144. The van der Waals surface area contributed by atoms with E-state index >= 15 is 0 Å². The molecule has 1 atom stereocenters. The Morgan fingerprint density at radius 3 is 2.68 bits per heavy atom. The molecule has 0 aromatic heterocycles. The summed E-state index contributed by atoms with van der Waals surface area (Å²) in [6.07, 6.45) is 5.68. The first-order chi connectivity index (χ1) is 9.25. The lowest BCUT2D eigenvalue weighted by Crippen LogP contribution is -2.43. The van der Waals surface area contributed by atoms with E-state index in [-0.39, 0.29) is 11.9 Å². The summed E-state index contributed by atoms with van der Waals surface area (Å²) >= 11 is 0. The maximum absolute atomic E-state index is 11.7. The van der Waals surface area contributed by atoms with Crippen LogP contribution in [0.3, 0.4) is 0 Å². The topological polar surface area (TPSA) is 41.1 Å². The lowest BCUT2D eigenvalue weighted by molar-refractivity contribution is -0.122. The van der Waals surface area contributed by atoms with E-state index in [1.54, 1.807) is 0 Å². The number of aryl methyl sites for hydroxylation is 1. The van der Waals surface area contributed by atoms with Gasteiger partial charge in [-0.2, -0.15) is 0 Å². The molecule has 1 aromatic carbocycles. The highest BCUT2D eigenvalue weighted by Gasteiger charge is 2.25. The van der Waals surface area contributed by atoms with Crippen molar-refractivity contribution in [2.75, 3.05) is 6.54 Å². The lowest BCUT2D eigenvalue weighted by atomic mass is 10.1. The summed E-state index contributed by atoms with van der Waals surface area (Å²) in [6, 6.07) is 10.9. The minimum absolute atomic E-state index is 0.0719. The van der Waals surface area contributed by atoms with Gasteiger partial charge in [-0.3, -0.25) is 4.79 Å². The molecular weight excluding hydrogens is 236 g/mol. The van der Waals surface area contributed by atoms with Crippen LogP contribution in [0.4, 0.5) is 0 Å². The van der Waals surface area contributed by atoms with Crippen LogP contribution in [0.25, 0.3) is 0 Å². The number of rotatable bonds is 8. The second kappa shape index (κ2) is 7.29. The van der Waals surface area contributed by atoms with E-state index in [1.165, 1.54) is 5.56 Å². The highest BCUT2D eigenvalue weighted by Crippen LogP contribution is 2.18. The van der Waals surface area contributed by atoms with E-state index in [9.17, 15) is 4.79 Å². The molecule has 0 heterocycles. The smallest absolute Gasteiger partial charge is 0.237 e. The van der Waals surface area contributed by atoms with Gasteiger partial charge in [0.2, 0.25) is 5.91 Å². The number of carbonyl (C=O) groups excluding carboxylic acids is 1. The zero-order valence-corrected chi connectivity index (χ0v) is 11.7. The third-order valence-corrected chi connectivity index (χ3v) is 3.50. The first-order valence-electron chi connectivity index (χ1n) is 7.33. The van der Waals surface area contributed by atoms with Gasteiger partial charge < -0.3 is 10.6 Å². The normalized spacial score (nSPS) is 16.1. The molecule has 1 saturated carbocycles. The van der Waals surface area contributed by atoms with Crippen LogP contribution in [0.2, 0.25) is 0 Å². The Balaban J connectivity index is 1.52. The average molecular weight is 260 g/mol. The summed E-state index contributed by atoms with van der Waals surface area (Å²) < 4.78 is 0. The third kappa shape index (κ3) is 5.43. The fourth-order valence-corrected chi connectivity index (χ4v) is 2.06. The minimum Gasteiger partial charge on any atom is -0.352 e. The van der Waals surface area contributed by atoms with E-state index in [4.69, 9.17) is 0 Å². The standard InChI is InChI=1S/C16H24N2O/c1-13(16(19)18-15-10-11-15)17-12-6-5-9-14-7-3-2-4-8-14/h2-4,7-8,13,15,17H,5-6,9-12H2,1H3,(H,18,19). The van der Waals surface area contributed by atoms with Gasteiger partial charge in [-0.1, -0.05) is 30.3 Å². The molecule has 3 nitrogen and oxygen atoms in total. The van der Waals surface area contributed by atoms with Crippen molar-refractivity contribution in [3.63, 3.8) is 0 Å². The van der Waals surface area contributed by atoms with Crippen molar-refractivity contribution >= 4 is 5.91 Å². The monoisotopic (exact) mass is 260 g/mol. The number of benzene rings is 1. The molecule has 0 bridgehead atoms. The molecule has 0 radical (unpaired) electrons. The van der Waals surface area contributed by atoms with Crippen LogP contribution in [0.15, 0.2) is 30.3 Å². The second-order valence-corrected chi connectivity index (χ2v) is 5.40. The quantitative estimate of drug-likeness (QED) is 0.704. The molecule has 2 rings (SSSR count). The maximum Gasteiger partial charge on any atom is 0.237 e. The molecule has 2 N–H and O–H groups in total. The van der Waals surface area contributed by atoms with Gasteiger partial charge in [-0.25, -0.2) is 0 Å². The average Bonchev–Trinajstić information content (AvgIpc) is 3.23. The molecule has 104 valence electrons. The first-order valence-corrected chi connectivity index (χ1v) is 7.33. The molecule has 1 aliphatic rings. The van der Waals surface area contributed by atoms with Gasteiger partial charge in [0.1, 0.15) is 0 Å². The SMILES string of the molecule is CC(NCCCCc1ccccc1)C(=O)NC1CC1. The van der Waals surface area contributed by atoms with E-state index < -0.39 is 0 Å². The molecule has 0 spiro atoms. The van der Waals surface area contributed by atoms with Crippen molar-refractivity contribution in [2.24, 2.45) is 0 Å². The predicted octanol–water partition coefficient (Wildman–Crippen LogP) is 2.27. The number of nitrogens with one attached hydrogen (secondary N) is 2. The number of carbonyl (C=O) groups is 1. The van der Waals surface area contributed by atoms with Gasteiger partial charge in [0.15, 0.2) is 0 Å². The predicted molar refractivity (Wildman–Crippen MR) is 78.0 cm³/mol. The van der Waals surface area contributed by atoms with Crippen LogP contribution in [0, 0.1) is 0 Å². The third-order valence-electron chi connectivity index (χ3n) is 3.50. The van der Waals surface area contributed by atoms with Crippen LogP contribution in [0.5, 0.6) is 0 Å². The Hall–Kier alpha value is -1.35. The Kier molecular flexibility index (Phi) is 5.40. The molecule has 1 amide bonds. The van der Waals surface area contributed by atoms with Gasteiger partial charge in [0, 0.05) is 6.04 Å². The lowest BCUT2D eigenvalue weighted by Gasteiger charge is -2.13. The minimum atomic E-state index is -0.0719. The summed E-state index contributed by atoms with van der Waals surface area (Å²) in [4.78, 5) is 11.7. The van der Waals surface area contributed by atoms with E-state index in [0.717, 1.165) is 38.6 Å². The summed E-state index contributed by atoms with van der Waals surface area (Å²) in [5.41, 5.74) is 1.39. The molecule has 1 aliphatic carbocycles. The number of amides is 1. The van der Waals surface area contributed by atoms with Gasteiger partial charge in [-0.15, -0.1) is 0 Å². The molecule has 1 fully saturated rings. The number of unbranched alkanes of at least 4 members (excludes halogenated alkanes) is 1.